The first-order valence-corrected chi connectivity index (χ1v) is 15.7. The molecular weight excluding hydrogens is 528 g/mol. The molecule has 0 aromatic rings. The molecule has 0 heterocycles. The number of carbonyl (C=O) groups excluding carboxylic acids is 1. The van der Waals surface area contributed by atoms with Gasteiger partial charge in [-0.3, -0.25) is 4.79 Å². The highest BCUT2D eigenvalue weighted by Crippen LogP contribution is 2.53. The van der Waals surface area contributed by atoms with Crippen LogP contribution in [0.5, 0.6) is 0 Å². The average Bonchev–Trinajstić information content (AvgIpc) is 3.10. The molecule has 3 atom stereocenters. The van der Waals surface area contributed by atoms with Gasteiger partial charge in [0.1, 0.15) is 0 Å². The summed E-state index contributed by atoms with van der Waals surface area (Å²) in [6.07, 6.45) is 30.6. The van der Waals surface area contributed by atoms with E-state index in [-0.39, 0.29) is 22.7 Å². The SMILES string of the molecule is CC1=C(/C=C/C(C)=C/C=C/C(C)=C/C=C/C=C(C)\C=C\C=C(C)\C=C/C(=O)[C@]2(C)C[C@H](O)CC2(C)C)C(C)(C)C[C@@H](O)C1. The van der Waals surface area contributed by atoms with Crippen molar-refractivity contribution in [1.29, 1.82) is 0 Å². The lowest BCUT2D eigenvalue weighted by Gasteiger charge is -2.35. The van der Waals surface area contributed by atoms with Gasteiger partial charge in [0, 0.05) is 5.41 Å². The summed E-state index contributed by atoms with van der Waals surface area (Å²) >= 11 is 0. The Morgan fingerprint density at radius 2 is 1.14 bits per heavy atom. The molecule has 0 radical (unpaired) electrons. The Balaban J connectivity index is 1.89. The van der Waals surface area contributed by atoms with Crippen LogP contribution in [0, 0.1) is 16.2 Å². The molecule has 0 aromatic carbocycles. The average molecular weight is 585 g/mol. The van der Waals surface area contributed by atoms with Crippen LogP contribution >= 0.6 is 0 Å². The fourth-order valence-electron chi connectivity index (χ4n) is 6.19. The summed E-state index contributed by atoms with van der Waals surface area (Å²) < 4.78 is 0. The normalized spacial score (nSPS) is 27.7. The summed E-state index contributed by atoms with van der Waals surface area (Å²) in [6, 6.07) is 0. The lowest BCUT2D eigenvalue weighted by molar-refractivity contribution is -0.127. The van der Waals surface area contributed by atoms with Crippen LogP contribution in [-0.4, -0.2) is 28.2 Å². The maximum Gasteiger partial charge on any atom is 0.162 e. The van der Waals surface area contributed by atoms with Gasteiger partial charge in [0.2, 0.25) is 0 Å². The van der Waals surface area contributed by atoms with E-state index in [2.05, 4.69) is 97.9 Å². The molecule has 43 heavy (non-hydrogen) atoms. The molecule has 3 heteroatoms. The van der Waals surface area contributed by atoms with Crippen molar-refractivity contribution in [3.05, 3.63) is 119 Å². The first-order chi connectivity index (χ1) is 20.0. The predicted molar refractivity (Wildman–Crippen MR) is 185 cm³/mol. The van der Waals surface area contributed by atoms with E-state index in [0.717, 1.165) is 29.6 Å². The quantitative estimate of drug-likeness (QED) is 0.188. The number of ketones is 1. The number of aliphatic hydroxyl groups excluding tert-OH is 2. The van der Waals surface area contributed by atoms with Gasteiger partial charge in [0.25, 0.3) is 0 Å². The van der Waals surface area contributed by atoms with Crippen LogP contribution in [0.15, 0.2) is 119 Å². The maximum atomic E-state index is 12.9. The van der Waals surface area contributed by atoms with Crippen molar-refractivity contribution in [2.24, 2.45) is 16.2 Å². The zero-order valence-electron chi connectivity index (χ0n) is 28.4. The van der Waals surface area contributed by atoms with Gasteiger partial charge >= 0.3 is 0 Å². The van der Waals surface area contributed by atoms with Gasteiger partial charge in [0.05, 0.1) is 12.2 Å². The highest BCUT2D eigenvalue weighted by atomic mass is 16.3. The van der Waals surface area contributed by atoms with Crippen LogP contribution in [0.3, 0.4) is 0 Å². The topological polar surface area (TPSA) is 57.5 Å². The summed E-state index contributed by atoms with van der Waals surface area (Å²) in [7, 11) is 0. The van der Waals surface area contributed by atoms with Gasteiger partial charge in [-0.25, -0.2) is 0 Å². The monoisotopic (exact) mass is 584 g/mol. The number of rotatable bonds is 11. The number of carbonyl (C=O) groups is 1. The molecule has 0 saturated heterocycles. The van der Waals surface area contributed by atoms with Gasteiger partial charge in [-0.2, -0.15) is 0 Å². The van der Waals surface area contributed by atoms with Crippen LogP contribution in [0.1, 0.15) is 94.9 Å². The third-order valence-corrected chi connectivity index (χ3v) is 9.18. The first-order valence-electron chi connectivity index (χ1n) is 15.7. The zero-order valence-corrected chi connectivity index (χ0v) is 28.4. The van der Waals surface area contributed by atoms with Crippen LogP contribution in [0.25, 0.3) is 0 Å². The maximum absolute atomic E-state index is 12.9. The molecule has 3 nitrogen and oxygen atoms in total. The fourth-order valence-corrected chi connectivity index (χ4v) is 6.19. The molecule has 1 saturated carbocycles. The van der Waals surface area contributed by atoms with Gasteiger partial charge < -0.3 is 10.2 Å². The van der Waals surface area contributed by atoms with Crippen LogP contribution < -0.4 is 0 Å². The minimum Gasteiger partial charge on any atom is -0.393 e. The second-order valence-corrected chi connectivity index (χ2v) is 14.2. The smallest absolute Gasteiger partial charge is 0.162 e. The molecule has 1 fully saturated rings. The van der Waals surface area contributed by atoms with E-state index in [0.29, 0.717) is 12.8 Å². The van der Waals surface area contributed by atoms with Crippen molar-refractivity contribution in [3.8, 4) is 0 Å². The molecule has 2 rings (SSSR count). The van der Waals surface area contributed by atoms with Crippen molar-refractivity contribution < 1.29 is 15.0 Å². The highest BCUT2D eigenvalue weighted by molar-refractivity contribution is 5.95. The van der Waals surface area contributed by atoms with Crippen molar-refractivity contribution in [3.63, 3.8) is 0 Å². The molecule has 0 spiro atoms. The Morgan fingerprint density at radius 1 is 0.651 bits per heavy atom. The van der Waals surface area contributed by atoms with Crippen molar-refractivity contribution >= 4 is 5.78 Å². The van der Waals surface area contributed by atoms with Crippen LogP contribution in [0.2, 0.25) is 0 Å². The van der Waals surface area contributed by atoms with Gasteiger partial charge in [-0.1, -0.05) is 141 Å². The van der Waals surface area contributed by atoms with E-state index < -0.39 is 11.5 Å². The molecular formula is C40H56O3. The van der Waals surface area contributed by atoms with Crippen molar-refractivity contribution in [1.82, 2.24) is 0 Å². The molecule has 2 aliphatic carbocycles. The second kappa shape index (κ2) is 15.6. The third-order valence-electron chi connectivity index (χ3n) is 9.18. The summed E-state index contributed by atoms with van der Waals surface area (Å²) in [6.45, 7) is 20.9. The molecule has 2 N–H and O–H groups in total. The molecule has 0 aromatic heterocycles. The van der Waals surface area contributed by atoms with E-state index in [4.69, 9.17) is 0 Å². The van der Waals surface area contributed by atoms with E-state index in [1.54, 1.807) is 6.08 Å². The lowest BCUT2D eigenvalue weighted by Crippen LogP contribution is -2.36. The Bertz CT molecular complexity index is 1310. The Hall–Kier alpha value is -3.01. The van der Waals surface area contributed by atoms with E-state index >= 15 is 0 Å². The molecule has 0 unspecified atom stereocenters. The minimum atomic E-state index is -0.532. The molecule has 0 aliphatic heterocycles. The second-order valence-electron chi connectivity index (χ2n) is 14.2. The predicted octanol–water partition coefficient (Wildman–Crippen LogP) is 9.81. The first kappa shape index (κ1) is 36.2. The van der Waals surface area contributed by atoms with Gasteiger partial charge in [-0.15, -0.1) is 0 Å². The van der Waals surface area contributed by atoms with E-state index in [9.17, 15) is 15.0 Å². The number of allylic oxidation sites excluding steroid dienone is 19. The van der Waals surface area contributed by atoms with Crippen LogP contribution in [0.4, 0.5) is 0 Å². The summed E-state index contributed by atoms with van der Waals surface area (Å²) in [5.74, 6) is 0.0853. The molecule has 0 amide bonds. The summed E-state index contributed by atoms with van der Waals surface area (Å²) in [4.78, 5) is 12.9. The van der Waals surface area contributed by atoms with Crippen molar-refractivity contribution in [2.45, 2.75) is 107 Å². The molecule has 0 bridgehead atoms. The Morgan fingerprint density at radius 3 is 1.63 bits per heavy atom. The van der Waals surface area contributed by atoms with E-state index in [1.165, 1.54) is 16.7 Å². The zero-order chi connectivity index (χ0) is 32.4. The number of hydrogen-bond acceptors (Lipinski definition) is 3. The lowest BCUT2D eigenvalue weighted by atomic mass is 9.66. The summed E-state index contributed by atoms with van der Waals surface area (Å²) in [5, 5.41) is 20.2. The number of aliphatic hydroxyl groups is 2. The highest BCUT2D eigenvalue weighted by Gasteiger charge is 2.52. The van der Waals surface area contributed by atoms with Gasteiger partial charge in [0.15, 0.2) is 5.78 Å². The van der Waals surface area contributed by atoms with E-state index in [1.807, 2.05) is 50.3 Å². The van der Waals surface area contributed by atoms with Crippen LogP contribution in [-0.2, 0) is 4.79 Å². The molecule has 2 aliphatic rings. The number of hydrogen-bond donors (Lipinski definition) is 2. The standard InChI is InChI=1S/C40H56O3/c1-29(17-13-19-31(3)21-23-36-33(5)25-34(41)26-38(36,6)7)15-11-12-16-30(2)18-14-20-32(4)22-24-37(43)40(10)28-35(42)27-39(40,8)9/h11-24,34-35,41-42H,25-28H2,1-10H3/b12-11+,17-13+,18-14+,23-21+,24-22-,29-15+,30-16-,31-19+,32-20+/t34-,35+,40-/m0/s1. The Kier molecular flexibility index (Phi) is 13.2. The Labute approximate surface area is 262 Å². The minimum absolute atomic E-state index is 0.00528. The fraction of sp³-hybridized carbons (Fsp3) is 0.475. The third kappa shape index (κ3) is 10.9. The molecule has 234 valence electrons. The largest absolute Gasteiger partial charge is 0.393 e. The van der Waals surface area contributed by atoms with Gasteiger partial charge in [-0.05, 0) is 82.8 Å². The van der Waals surface area contributed by atoms with Crippen molar-refractivity contribution in [2.75, 3.05) is 0 Å². The summed E-state index contributed by atoms with van der Waals surface area (Å²) in [5.41, 5.74) is 6.34.